The summed E-state index contributed by atoms with van der Waals surface area (Å²) >= 11 is 0. The molecule has 0 aromatic rings. The van der Waals surface area contributed by atoms with Gasteiger partial charge in [0, 0.05) is 12.8 Å². The van der Waals surface area contributed by atoms with Gasteiger partial charge in [0.1, 0.15) is 0 Å². The first-order valence-corrected chi connectivity index (χ1v) is 4.95. The average molecular weight is 199 g/mol. The number of aliphatic hydroxyl groups is 1. The number of amides is 2. The van der Waals surface area contributed by atoms with Crippen molar-refractivity contribution in [1.82, 2.24) is 4.90 Å². The Morgan fingerprint density at radius 1 is 1.36 bits per heavy atom. The highest BCUT2D eigenvalue weighted by Crippen LogP contribution is 2.24. The average Bonchev–Trinajstić information content (AvgIpc) is 2.34. The van der Waals surface area contributed by atoms with Crippen molar-refractivity contribution in [2.75, 3.05) is 0 Å². The second kappa shape index (κ2) is 3.69. The van der Waals surface area contributed by atoms with Gasteiger partial charge in [0.25, 0.3) is 0 Å². The zero-order chi connectivity index (χ0) is 10.9. The van der Waals surface area contributed by atoms with E-state index in [0.29, 0.717) is 6.42 Å². The molecule has 4 heteroatoms. The lowest BCUT2D eigenvalue weighted by Crippen LogP contribution is -2.51. The predicted molar refractivity (Wildman–Crippen MR) is 51.5 cm³/mol. The number of imide groups is 1. The first kappa shape index (κ1) is 11.2. The van der Waals surface area contributed by atoms with Crippen molar-refractivity contribution in [3.8, 4) is 0 Å². The van der Waals surface area contributed by atoms with Crippen LogP contribution in [0, 0.1) is 0 Å². The van der Waals surface area contributed by atoms with Gasteiger partial charge in [-0.05, 0) is 20.3 Å². The quantitative estimate of drug-likeness (QED) is 0.680. The standard InChI is InChI=1S/C10H17NO3/c1-4-7(10(2,3)14)11-8(12)5-6-9(11)13/h7,14H,4-6H2,1-3H3. The lowest BCUT2D eigenvalue weighted by molar-refractivity contribution is -0.147. The van der Waals surface area contributed by atoms with Gasteiger partial charge in [-0.15, -0.1) is 0 Å². The van der Waals surface area contributed by atoms with Crippen LogP contribution in [-0.4, -0.2) is 33.5 Å². The van der Waals surface area contributed by atoms with Gasteiger partial charge >= 0.3 is 0 Å². The molecule has 0 aliphatic carbocycles. The van der Waals surface area contributed by atoms with Gasteiger partial charge in [-0.3, -0.25) is 14.5 Å². The van der Waals surface area contributed by atoms with E-state index in [0.717, 1.165) is 0 Å². The fraction of sp³-hybridized carbons (Fsp3) is 0.800. The second-order valence-electron chi connectivity index (χ2n) is 4.24. The Hall–Kier alpha value is -0.900. The molecule has 1 N–H and O–H groups in total. The topological polar surface area (TPSA) is 57.6 Å². The molecule has 0 saturated carbocycles. The van der Waals surface area contributed by atoms with Gasteiger partial charge in [-0.25, -0.2) is 0 Å². The third-order valence-corrected chi connectivity index (χ3v) is 2.60. The molecule has 1 fully saturated rings. The van der Waals surface area contributed by atoms with Crippen molar-refractivity contribution < 1.29 is 14.7 Å². The molecule has 0 bridgehead atoms. The van der Waals surface area contributed by atoms with Gasteiger partial charge in [-0.2, -0.15) is 0 Å². The van der Waals surface area contributed by atoms with Crippen molar-refractivity contribution in [3.63, 3.8) is 0 Å². The number of nitrogens with zero attached hydrogens (tertiary/aromatic N) is 1. The summed E-state index contributed by atoms with van der Waals surface area (Å²) in [5.41, 5.74) is -1.02. The smallest absolute Gasteiger partial charge is 0.230 e. The van der Waals surface area contributed by atoms with Gasteiger partial charge in [0.15, 0.2) is 0 Å². The summed E-state index contributed by atoms with van der Waals surface area (Å²) in [6.45, 7) is 5.11. The van der Waals surface area contributed by atoms with Crippen LogP contribution >= 0.6 is 0 Å². The Kier molecular flexibility index (Phi) is 2.95. The third-order valence-electron chi connectivity index (χ3n) is 2.60. The Bertz CT molecular complexity index is 239. The van der Waals surface area contributed by atoms with E-state index in [1.54, 1.807) is 13.8 Å². The molecule has 0 radical (unpaired) electrons. The maximum absolute atomic E-state index is 11.4. The molecular weight excluding hydrogens is 182 g/mol. The minimum atomic E-state index is -1.02. The molecule has 1 aliphatic rings. The number of hydrogen-bond acceptors (Lipinski definition) is 3. The van der Waals surface area contributed by atoms with Crippen molar-refractivity contribution in [2.24, 2.45) is 0 Å². The van der Waals surface area contributed by atoms with Crippen LogP contribution in [0.3, 0.4) is 0 Å². The molecular formula is C10H17NO3. The largest absolute Gasteiger partial charge is 0.388 e. The SMILES string of the molecule is CCC(N1C(=O)CCC1=O)C(C)(C)O. The molecule has 80 valence electrons. The summed E-state index contributed by atoms with van der Waals surface area (Å²) in [4.78, 5) is 24.1. The zero-order valence-electron chi connectivity index (χ0n) is 8.91. The summed E-state index contributed by atoms with van der Waals surface area (Å²) in [6.07, 6.45) is 1.15. The van der Waals surface area contributed by atoms with Crippen LogP contribution in [0.25, 0.3) is 0 Å². The van der Waals surface area contributed by atoms with E-state index in [4.69, 9.17) is 0 Å². The molecule has 1 heterocycles. The molecule has 0 aromatic carbocycles. The van der Waals surface area contributed by atoms with Crippen LogP contribution in [0.5, 0.6) is 0 Å². The maximum atomic E-state index is 11.4. The Balaban J connectivity index is 2.89. The minimum absolute atomic E-state index is 0.163. The minimum Gasteiger partial charge on any atom is -0.388 e. The van der Waals surface area contributed by atoms with Gasteiger partial charge in [-0.1, -0.05) is 6.92 Å². The van der Waals surface area contributed by atoms with Crippen LogP contribution < -0.4 is 0 Å². The fourth-order valence-corrected chi connectivity index (χ4v) is 1.94. The van der Waals surface area contributed by atoms with Crippen LogP contribution in [0.15, 0.2) is 0 Å². The Morgan fingerprint density at radius 2 is 1.79 bits per heavy atom. The zero-order valence-corrected chi connectivity index (χ0v) is 8.91. The lowest BCUT2D eigenvalue weighted by atomic mass is 9.95. The second-order valence-corrected chi connectivity index (χ2v) is 4.24. The summed E-state index contributed by atoms with van der Waals surface area (Å²) in [7, 11) is 0. The van der Waals surface area contributed by atoms with Crippen molar-refractivity contribution in [1.29, 1.82) is 0 Å². The molecule has 0 spiro atoms. The molecule has 14 heavy (non-hydrogen) atoms. The van der Waals surface area contributed by atoms with E-state index < -0.39 is 11.6 Å². The lowest BCUT2D eigenvalue weighted by Gasteiger charge is -2.34. The van der Waals surface area contributed by atoms with E-state index in [2.05, 4.69) is 0 Å². The first-order valence-electron chi connectivity index (χ1n) is 4.95. The molecule has 4 nitrogen and oxygen atoms in total. The summed E-state index contributed by atoms with van der Waals surface area (Å²) in [6, 6.07) is -0.398. The molecule has 1 aliphatic heterocycles. The first-order chi connectivity index (χ1) is 6.38. The number of rotatable bonds is 3. The highest BCUT2D eigenvalue weighted by Gasteiger charge is 2.40. The van der Waals surface area contributed by atoms with E-state index in [1.165, 1.54) is 4.90 Å². The van der Waals surface area contributed by atoms with Crippen molar-refractivity contribution in [3.05, 3.63) is 0 Å². The molecule has 1 atom stereocenters. The van der Waals surface area contributed by atoms with E-state index >= 15 is 0 Å². The molecule has 2 amide bonds. The number of hydrogen-bond donors (Lipinski definition) is 1. The number of likely N-dealkylation sites (tertiary alicyclic amines) is 1. The Labute approximate surface area is 83.9 Å². The van der Waals surface area contributed by atoms with Crippen molar-refractivity contribution >= 4 is 11.8 Å². The van der Waals surface area contributed by atoms with E-state index in [9.17, 15) is 14.7 Å². The van der Waals surface area contributed by atoms with E-state index in [1.807, 2.05) is 6.92 Å². The third kappa shape index (κ3) is 1.95. The molecule has 1 saturated heterocycles. The van der Waals surface area contributed by atoms with Crippen LogP contribution in [0.1, 0.15) is 40.0 Å². The highest BCUT2D eigenvalue weighted by atomic mass is 16.3. The van der Waals surface area contributed by atoms with Crippen LogP contribution in [0.4, 0.5) is 0 Å². The Morgan fingerprint density at radius 3 is 2.07 bits per heavy atom. The van der Waals surface area contributed by atoms with Gasteiger partial charge < -0.3 is 5.11 Å². The molecule has 1 rings (SSSR count). The van der Waals surface area contributed by atoms with E-state index in [-0.39, 0.29) is 24.7 Å². The summed E-state index contributed by atoms with van der Waals surface area (Å²) in [5, 5.41) is 9.83. The fourth-order valence-electron chi connectivity index (χ4n) is 1.94. The normalized spacial score (nSPS) is 20.4. The van der Waals surface area contributed by atoms with Crippen LogP contribution in [-0.2, 0) is 9.59 Å². The summed E-state index contributed by atoms with van der Waals surface area (Å²) in [5.74, 6) is -0.326. The maximum Gasteiger partial charge on any atom is 0.230 e. The molecule has 0 aromatic heterocycles. The van der Waals surface area contributed by atoms with Gasteiger partial charge in [0.05, 0.1) is 11.6 Å². The highest BCUT2D eigenvalue weighted by molar-refractivity contribution is 6.02. The van der Waals surface area contributed by atoms with Gasteiger partial charge in [0.2, 0.25) is 11.8 Å². The summed E-state index contributed by atoms with van der Waals surface area (Å²) < 4.78 is 0. The van der Waals surface area contributed by atoms with Crippen LogP contribution in [0.2, 0.25) is 0 Å². The van der Waals surface area contributed by atoms with Crippen molar-refractivity contribution in [2.45, 2.75) is 51.7 Å². The number of carbonyl (C=O) groups excluding carboxylic acids is 2. The monoisotopic (exact) mass is 199 g/mol. The molecule has 1 unspecified atom stereocenters. The predicted octanol–water partition coefficient (Wildman–Crippen LogP) is 0.685. The number of carbonyl (C=O) groups is 2.